The Morgan fingerprint density at radius 2 is 2.00 bits per heavy atom. The molecule has 5 nitrogen and oxygen atoms in total. The first-order chi connectivity index (χ1) is 8.18. The molecule has 2 N–H and O–H groups in total. The van der Waals surface area contributed by atoms with Crippen LogP contribution in [0.4, 0.5) is 0 Å². The van der Waals surface area contributed by atoms with E-state index in [9.17, 15) is 9.59 Å². The standard InChI is InChI=1S/C12H14N2O3/c13-11(15)10-7-4-8-14(10)17-12(16)9-5-2-1-3-6-9/h1-3,5-6,10H,4,7-8H2,(H2,13,15). The fourth-order valence-corrected chi connectivity index (χ4v) is 1.87. The molecular weight excluding hydrogens is 220 g/mol. The molecule has 1 aromatic carbocycles. The Labute approximate surface area is 99.1 Å². The first-order valence-corrected chi connectivity index (χ1v) is 5.52. The number of carbonyl (C=O) groups is 2. The Balaban J connectivity index is 2.02. The van der Waals surface area contributed by atoms with Gasteiger partial charge in [-0.3, -0.25) is 4.79 Å². The van der Waals surface area contributed by atoms with E-state index in [0.29, 0.717) is 18.5 Å². The van der Waals surface area contributed by atoms with Gasteiger partial charge in [0.25, 0.3) is 0 Å². The Morgan fingerprint density at radius 1 is 1.29 bits per heavy atom. The Kier molecular flexibility index (Phi) is 3.39. The van der Waals surface area contributed by atoms with Crippen LogP contribution in [0, 0.1) is 0 Å². The van der Waals surface area contributed by atoms with Gasteiger partial charge in [0.15, 0.2) is 0 Å². The van der Waals surface area contributed by atoms with Gasteiger partial charge >= 0.3 is 5.97 Å². The summed E-state index contributed by atoms with van der Waals surface area (Å²) in [7, 11) is 0. The van der Waals surface area contributed by atoms with Crippen LogP contribution >= 0.6 is 0 Å². The number of benzene rings is 1. The molecule has 1 saturated heterocycles. The van der Waals surface area contributed by atoms with Crippen molar-refractivity contribution in [2.75, 3.05) is 6.54 Å². The highest BCUT2D eigenvalue weighted by molar-refractivity contribution is 5.89. The van der Waals surface area contributed by atoms with Crippen molar-refractivity contribution >= 4 is 11.9 Å². The van der Waals surface area contributed by atoms with E-state index in [0.717, 1.165) is 6.42 Å². The van der Waals surface area contributed by atoms with Crippen LogP contribution in [-0.2, 0) is 9.63 Å². The zero-order chi connectivity index (χ0) is 12.3. The Morgan fingerprint density at radius 3 is 2.65 bits per heavy atom. The molecule has 0 aromatic heterocycles. The lowest BCUT2D eigenvalue weighted by Crippen LogP contribution is -2.41. The van der Waals surface area contributed by atoms with Gasteiger partial charge in [0.2, 0.25) is 5.91 Å². The number of hydrogen-bond donors (Lipinski definition) is 1. The number of carbonyl (C=O) groups excluding carboxylic acids is 2. The molecule has 0 radical (unpaired) electrons. The molecule has 1 atom stereocenters. The lowest BCUT2D eigenvalue weighted by Gasteiger charge is -2.20. The van der Waals surface area contributed by atoms with Gasteiger partial charge in [0, 0.05) is 6.54 Å². The minimum absolute atomic E-state index is 0.455. The van der Waals surface area contributed by atoms with Crippen LogP contribution in [0.1, 0.15) is 23.2 Å². The summed E-state index contributed by atoms with van der Waals surface area (Å²) in [5, 5.41) is 1.37. The maximum absolute atomic E-state index is 11.8. The van der Waals surface area contributed by atoms with Crippen LogP contribution in [0.5, 0.6) is 0 Å². The molecule has 1 aromatic rings. The number of primary amides is 1. The number of amides is 1. The molecule has 90 valence electrons. The van der Waals surface area contributed by atoms with Gasteiger partial charge in [-0.1, -0.05) is 18.2 Å². The number of rotatable bonds is 3. The average Bonchev–Trinajstić information content (AvgIpc) is 2.78. The largest absolute Gasteiger partial charge is 0.368 e. The lowest BCUT2D eigenvalue weighted by molar-refractivity contribution is -0.145. The summed E-state index contributed by atoms with van der Waals surface area (Å²) in [5.74, 6) is -0.915. The SMILES string of the molecule is NC(=O)C1CCCN1OC(=O)c1ccccc1. The van der Waals surface area contributed by atoms with Crippen molar-refractivity contribution in [3.8, 4) is 0 Å². The molecule has 1 aliphatic heterocycles. The van der Waals surface area contributed by atoms with E-state index in [4.69, 9.17) is 10.6 Å². The van der Waals surface area contributed by atoms with Crippen molar-refractivity contribution in [3.05, 3.63) is 35.9 Å². The minimum Gasteiger partial charge on any atom is -0.368 e. The molecule has 0 saturated carbocycles. The highest BCUT2D eigenvalue weighted by Gasteiger charge is 2.32. The average molecular weight is 234 g/mol. The fraction of sp³-hybridized carbons (Fsp3) is 0.333. The summed E-state index contributed by atoms with van der Waals surface area (Å²) in [6.07, 6.45) is 1.44. The fourth-order valence-electron chi connectivity index (χ4n) is 1.87. The molecule has 2 rings (SSSR count). The van der Waals surface area contributed by atoms with Crippen LogP contribution in [0.25, 0.3) is 0 Å². The van der Waals surface area contributed by atoms with Gasteiger partial charge in [0.05, 0.1) is 5.56 Å². The second-order valence-electron chi connectivity index (χ2n) is 3.95. The van der Waals surface area contributed by atoms with E-state index in [-0.39, 0.29) is 0 Å². The van der Waals surface area contributed by atoms with Crippen molar-refractivity contribution in [1.29, 1.82) is 0 Å². The van der Waals surface area contributed by atoms with Crippen LogP contribution in [0.15, 0.2) is 30.3 Å². The molecule has 1 aliphatic rings. The third kappa shape index (κ3) is 2.62. The van der Waals surface area contributed by atoms with E-state index in [2.05, 4.69) is 0 Å². The lowest BCUT2D eigenvalue weighted by atomic mass is 10.2. The van der Waals surface area contributed by atoms with Gasteiger partial charge in [-0.05, 0) is 25.0 Å². The number of hydroxylamine groups is 2. The molecule has 1 amide bonds. The smallest absolute Gasteiger partial charge is 0.357 e. The summed E-state index contributed by atoms with van der Waals surface area (Å²) in [6.45, 7) is 0.548. The van der Waals surface area contributed by atoms with E-state index >= 15 is 0 Å². The van der Waals surface area contributed by atoms with Gasteiger partial charge in [0.1, 0.15) is 6.04 Å². The summed E-state index contributed by atoms with van der Waals surface area (Å²) in [6, 6.07) is 8.16. The summed E-state index contributed by atoms with van der Waals surface area (Å²) >= 11 is 0. The van der Waals surface area contributed by atoms with E-state index in [1.54, 1.807) is 24.3 Å². The minimum atomic E-state index is -0.498. The third-order valence-corrected chi connectivity index (χ3v) is 2.74. The van der Waals surface area contributed by atoms with E-state index in [1.807, 2.05) is 6.07 Å². The highest BCUT2D eigenvalue weighted by Crippen LogP contribution is 2.18. The molecule has 5 heteroatoms. The quantitative estimate of drug-likeness (QED) is 0.835. The number of hydrogen-bond acceptors (Lipinski definition) is 4. The predicted molar refractivity (Wildman–Crippen MR) is 60.8 cm³/mol. The van der Waals surface area contributed by atoms with E-state index in [1.165, 1.54) is 5.06 Å². The molecule has 17 heavy (non-hydrogen) atoms. The van der Waals surface area contributed by atoms with Crippen LogP contribution in [0.3, 0.4) is 0 Å². The third-order valence-electron chi connectivity index (χ3n) is 2.74. The topological polar surface area (TPSA) is 72.6 Å². The first-order valence-electron chi connectivity index (χ1n) is 5.52. The first kappa shape index (κ1) is 11.6. The second-order valence-corrected chi connectivity index (χ2v) is 3.95. The van der Waals surface area contributed by atoms with Gasteiger partial charge in [-0.15, -0.1) is 5.06 Å². The zero-order valence-electron chi connectivity index (χ0n) is 9.33. The highest BCUT2D eigenvalue weighted by atomic mass is 16.7. The van der Waals surface area contributed by atoms with Crippen LogP contribution in [-0.4, -0.2) is 29.5 Å². The molecule has 0 bridgehead atoms. The van der Waals surface area contributed by atoms with Crippen LogP contribution < -0.4 is 5.73 Å². The Hall–Kier alpha value is -1.88. The second kappa shape index (κ2) is 4.97. The van der Waals surface area contributed by atoms with Gasteiger partial charge in [-0.25, -0.2) is 4.79 Å². The van der Waals surface area contributed by atoms with Crippen LogP contribution in [0.2, 0.25) is 0 Å². The molecular formula is C12H14N2O3. The molecule has 0 aliphatic carbocycles. The zero-order valence-corrected chi connectivity index (χ0v) is 9.33. The van der Waals surface area contributed by atoms with E-state index < -0.39 is 17.9 Å². The van der Waals surface area contributed by atoms with Crippen molar-refractivity contribution in [3.63, 3.8) is 0 Å². The van der Waals surface area contributed by atoms with Crippen molar-refractivity contribution in [1.82, 2.24) is 5.06 Å². The molecule has 1 heterocycles. The van der Waals surface area contributed by atoms with Gasteiger partial charge < -0.3 is 10.6 Å². The normalized spacial score (nSPS) is 20.1. The predicted octanol–water partition coefficient (Wildman–Crippen LogP) is 0.708. The van der Waals surface area contributed by atoms with Crippen molar-refractivity contribution < 1.29 is 14.4 Å². The maximum Gasteiger partial charge on any atom is 0.357 e. The summed E-state index contributed by atoms with van der Waals surface area (Å²) in [4.78, 5) is 28.0. The molecule has 1 fully saturated rings. The van der Waals surface area contributed by atoms with Crippen molar-refractivity contribution in [2.45, 2.75) is 18.9 Å². The molecule has 1 unspecified atom stereocenters. The number of nitrogens with two attached hydrogens (primary N) is 1. The van der Waals surface area contributed by atoms with Crippen molar-refractivity contribution in [2.24, 2.45) is 5.73 Å². The Bertz CT molecular complexity index is 419. The maximum atomic E-state index is 11.8. The number of nitrogens with zero attached hydrogens (tertiary/aromatic N) is 1. The monoisotopic (exact) mass is 234 g/mol. The summed E-state index contributed by atoms with van der Waals surface area (Å²) in [5.41, 5.74) is 5.69. The molecule has 0 spiro atoms. The summed E-state index contributed by atoms with van der Waals surface area (Å²) < 4.78 is 0. The van der Waals surface area contributed by atoms with Gasteiger partial charge in [-0.2, -0.15) is 0 Å².